The minimum atomic E-state index is -0.530. The van der Waals surface area contributed by atoms with Gasteiger partial charge < -0.3 is 9.64 Å². The molecule has 2 aromatic rings. The van der Waals surface area contributed by atoms with Crippen molar-refractivity contribution in [2.24, 2.45) is 0 Å². The maximum atomic E-state index is 12.9. The third-order valence-electron chi connectivity index (χ3n) is 3.98. The van der Waals surface area contributed by atoms with Gasteiger partial charge in [0.15, 0.2) is 0 Å². The molecule has 1 amide bonds. The van der Waals surface area contributed by atoms with Crippen molar-refractivity contribution in [3.63, 3.8) is 0 Å². The van der Waals surface area contributed by atoms with Gasteiger partial charge in [-0.15, -0.1) is 0 Å². The van der Waals surface area contributed by atoms with Crippen molar-refractivity contribution >= 4 is 11.6 Å². The van der Waals surface area contributed by atoms with Crippen LogP contribution in [0.5, 0.6) is 5.75 Å². The van der Waals surface area contributed by atoms with Gasteiger partial charge in [0.2, 0.25) is 0 Å². The lowest BCUT2D eigenvalue weighted by molar-refractivity contribution is -0.385. The van der Waals surface area contributed by atoms with Crippen LogP contribution in [0.2, 0.25) is 0 Å². The monoisotopic (exact) mass is 328 g/mol. The molecule has 6 nitrogen and oxygen atoms in total. The average molecular weight is 328 g/mol. The van der Waals surface area contributed by atoms with Crippen LogP contribution in [-0.4, -0.2) is 29.4 Å². The molecule has 1 atom stereocenters. The first kappa shape index (κ1) is 17.5. The number of rotatable bonds is 6. The summed E-state index contributed by atoms with van der Waals surface area (Å²) >= 11 is 0. The van der Waals surface area contributed by atoms with Crippen molar-refractivity contribution < 1.29 is 14.5 Å². The molecule has 2 aromatic carbocycles. The number of carbonyl (C=O) groups excluding carboxylic acids is 1. The molecule has 2 rings (SSSR count). The van der Waals surface area contributed by atoms with Gasteiger partial charge in [-0.05, 0) is 37.6 Å². The molecule has 0 fully saturated rings. The van der Waals surface area contributed by atoms with Crippen molar-refractivity contribution in [2.45, 2.75) is 19.9 Å². The zero-order valence-corrected chi connectivity index (χ0v) is 13.9. The number of carbonyl (C=O) groups is 1. The molecule has 0 saturated carbocycles. The van der Waals surface area contributed by atoms with E-state index in [1.54, 1.807) is 24.1 Å². The molecule has 0 radical (unpaired) electrons. The molecular formula is C18H20N2O4. The number of ether oxygens (including phenoxy) is 1. The Morgan fingerprint density at radius 1 is 1.25 bits per heavy atom. The van der Waals surface area contributed by atoms with Gasteiger partial charge in [-0.3, -0.25) is 14.9 Å². The summed E-state index contributed by atoms with van der Waals surface area (Å²) < 4.78 is 5.22. The fraction of sp³-hybridized carbons (Fsp3) is 0.278. The summed E-state index contributed by atoms with van der Waals surface area (Å²) in [6, 6.07) is 13.2. The highest BCUT2D eigenvalue weighted by molar-refractivity contribution is 5.98. The number of methoxy groups -OCH3 is 1. The topological polar surface area (TPSA) is 72.7 Å². The van der Waals surface area contributed by atoms with E-state index >= 15 is 0 Å². The standard InChI is InChI=1S/C18H20N2O4/c1-4-19(13(2)14-8-7-9-15(12-14)24-3)18(21)16-10-5-6-11-17(16)20(22)23/h5-13H,4H2,1-3H3. The van der Waals surface area contributed by atoms with Crippen LogP contribution in [0, 0.1) is 10.1 Å². The van der Waals surface area contributed by atoms with Crippen LogP contribution in [0.15, 0.2) is 48.5 Å². The van der Waals surface area contributed by atoms with Gasteiger partial charge in [-0.25, -0.2) is 0 Å². The molecule has 24 heavy (non-hydrogen) atoms. The lowest BCUT2D eigenvalue weighted by Gasteiger charge is -2.28. The van der Waals surface area contributed by atoms with Crippen LogP contribution < -0.4 is 4.74 Å². The Morgan fingerprint density at radius 2 is 1.96 bits per heavy atom. The molecule has 1 unspecified atom stereocenters. The highest BCUT2D eigenvalue weighted by Crippen LogP contribution is 2.27. The summed E-state index contributed by atoms with van der Waals surface area (Å²) in [5.41, 5.74) is 0.820. The molecule has 0 aliphatic heterocycles. The molecule has 0 aliphatic carbocycles. The molecule has 0 aliphatic rings. The second kappa shape index (κ2) is 7.59. The average Bonchev–Trinajstić information content (AvgIpc) is 2.62. The van der Waals surface area contributed by atoms with Crippen molar-refractivity contribution in [1.82, 2.24) is 4.90 Å². The van der Waals surface area contributed by atoms with E-state index in [-0.39, 0.29) is 23.2 Å². The van der Waals surface area contributed by atoms with Crippen LogP contribution in [-0.2, 0) is 0 Å². The molecule has 0 aromatic heterocycles. The third kappa shape index (κ3) is 3.53. The predicted octanol–water partition coefficient (Wildman–Crippen LogP) is 3.83. The van der Waals surface area contributed by atoms with Gasteiger partial charge in [0.05, 0.1) is 18.1 Å². The first-order valence-corrected chi connectivity index (χ1v) is 7.68. The molecular weight excluding hydrogens is 308 g/mol. The summed E-state index contributed by atoms with van der Waals surface area (Å²) in [5, 5.41) is 11.2. The maximum absolute atomic E-state index is 12.9. The Kier molecular flexibility index (Phi) is 5.52. The highest BCUT2D eigenvalue weighted by Gasteiger charge is 2.27. The van der Waals surface area contributed by atoms with E-state index in [0.29, 0.717) is 12.3 Å². The van der Waals surface area contributed by atoms with Gasteiger partial charge >= 0.3 is 0 Å². The van der Waals surface area contributed by atoms with Gasteiger partial charge in [0.25, 0.3) is 11.6 Å². The van der Waals surface area contributed by atoms with Crippen molar-refractivity contribution in [2.75, 3.05) is 13.7 Å². The Balaban J connectivity index is 2.37. The smallest absolute Gasteiger partial charge is 0.282 e. The molecule has 0 N–H and O–H groups in total. The number of hydrogen-bond donors (Lipinski definition) is 0. The third-order valence-corrected chi connectivity index (χ3v) is 3.98. The van der Waals surface area contributed by atoms with Crippen molar-refractivity contribution in [3.8, 4) is 5.75 Å². The Hall–Kier alpha value is -2.89. The second-order valence-electron chi connectivity index (χ2n) is 5.32. The lowest BCUT2D eigenvalue weighted by Crippen LogP contribution is -2.33. The predicted molar refractivity (Wildman–Crippen MR) is 91.2 cm³/mol. The van der Waals surface area contributed by atoms with Crippen LogP contribution in [0.25, 0.3) is 0 Å². The van der Waals surface area contributed by atoms with E-state index in [1.807, 2.05) is 38.1 Å². The number of hydrogen-bond acceptors (Lipinski definition) is 4. The maximum Gasteiger partial charge on any atom is 0.282 e. The molecule has 0 bridgehead atoms. The SMILES string of the molecule is CCN(C(=O)c1ccccc1[N+](=O)[O-])C(C)c1cccc(OC)c1. The summed E-state index contributed by atoms with van der Waals surface area (Å²) in [6.45, 7) is 4.18. The summed E-state index contributed by atoms with van der Waals surface area (Å²) in [6.07, 6.45) is 0. The van der Waals surface area contributed by atoms with E-state index in [0.717, 1.165) is 5.56 Å². The van der Waals surface area contributed by atoms with Gasteiger partial charge in [-0.1, -0.05) is 24.3 Å². The highest BCUT2D eigenvalue weighted by atomic mass is 16.6. The minimum absolute atomic E-state index is 0.0964. The van der Waals surface area contributed by atoms with E-state index in [4.69, 9.17) is 4.74 Å². The normalized spacial score (nSPS) is 11.6. The zero-order valence-electron chi connectivity index (χ0n) is 13.9. The van der Waals surface area contributed by atoms with E-state index in [1.165, 1.54) is 12.1 Å². The second-order valence-corrected chi connectivity index (χ2v) is 5.32. The van der Waals surface area contributed by atoms with Crippen LogP contribution in [0.4, 0.5) is 5.69 Å². The quantitative estimate of drug-likeness (QED) is 0.597. The molecule has 0 saturated heterocycles. The zero-order chi connectivity index (χ0) is 17.7. The van der Waals surface area contributed by atoms with Crippen LogP contribution in [0.3, 0.4) is 0 Å². The molecule has 126 valence electrons. The van der Waals surface area contributed by atoms with Crippen LogP contribution in [0.1, 0.15) is 35.8 Å². The lowest BCUT2D eigenvalue weighted by atomic mass is 10.0. The fourth-order valence-electron chi connectivity index (χ4n) is 2.64. The fourth-order valence-corrected chi connectivity index (χ4v) is 2.64. The number of amides is 1. The van der Waals surface area contributed by atoms with E-state index in [9.17, 15) is 14.9 Å². The minimum Gasteiger partial charge on any atom is -0.497 e. The first-order valence-electron chi connectivity index (χ1n) is 7.68. The van der Waals surface area contributed by atoms with Gasteiger partial charge in [0.1, 0.15) is 11.3 Å². The number of benzene rings is 2. The van der Waals surface area contributed by atoms with Gasteiger partial charge in [0, 0.05) is 12.6 Å². The largest absolute Gasteiger partial charge is 0.497 e. The summed E-state index contributed by atoms with van der Waals surface area (Å²) in [5.74, 6) is 0.341. The Morgan fingerprint density at radius 3 is 2.58 bits per heavy atom. The number of nitro groups is 1. The number of para-hydroxylation sites is 1. The number of nitrogens with zero attached hydrogens (tertiary/aromatic N) is 2. The first-order chi connectivity index (χ1) is 11.5. The molecule has 0 heterocycles. The summed E-state index contributed by atoms with van der Waals surface area (Å²) in [7, 11) is 1.58. The molecule has 6 heteroatoms. The van der Waals surface area contributed by atoms with E-state index in [2.05, 4.69) is 0 Å². The van der Waals surface area contributed by atoms with Gasteiger partial charge in [-0.2, -0.15) is 0 Å². The van der Waals surface area contributed by atoms with Crippen molar-refractivity contribution in [3.05, 3.63) is 69.8 Å². The van der Waals surface area contributed by atoms with Crippen LogP contribution >= 0.6 is 0 Å². The Bertz CT molecular complexity index is 745. The molecule has 0 spiro atoms. The summed E-state index contributed by atoms with van der Waals surface area (Å²) in [4.78, 5) is 25.1. The van der Waals surface area contributed by atoms with E-state index < -0.39 is 4.92 Å². The Labute approximate surface area is 140 Å². The van der Waals surface area contributed by atoms with Crippen molar-refractivity contribution in [1.29, 1.82) is 0 Å². The number of nitro benzene ring substituents is 1.